The van der Waals surface area contributed by atoms with E-state index >= 15 is 0 Å². The highest BCUT2D eigenvalue weighted by Gasteiger charge is 2.25. The van der Waals surface area contributed by atoms with E-state index in [1.54, 1.807) is 0 Å². The predicted octanol–water partition coefficient (Wildman–Crippen LogP) is 2.26. The van der Waals surface area contributed by atoms with E-state index in [0.717, 1.165) is 25.2 Å². The molecule has 1 aliphatic heterocycles. The number of urea groups is 1. The third-order valence-electron chi connectivity index (χ3n) is 4.04. The van der Waals surface area contributed by atoms with Gasteiger partial charge in [0.1, 0.15) is 0 Å². The largest absolute Gasteiger partial charge is 0.336 e. The molecule has 1 aromatic heterocycles. The summed E-state index contributed by atoms with van der Waals surface area (Å²) in [7, 11) is 2.05. The van der Waals surface area contributed by atoms with Crippen LogP contribution in [0.3, 0.4) is 0 Å². The number of halogens is 1. The molecule has 2 aromatic rings. The van der Waals surface area contributed by atoms with E-state index in [-0.39, 0.29) is 30.5 Å². The van der Waals surface area contributed by atoms with E-state index in [9.17, 15) is 4.79 Å². The first kappa shape index (κ1) is 20.2. The number of carbonyl (C=O) groups excluding carboxylic acids is 1. The Morgan fingerprint density at radius 3 is 2.96 bits per heavy atom. The molecule has 2 amide bonds. The van der Waals surface area contributed by atoms with Gasteiger partial charge >= 0.3 is 6.03 Å². The van der Waals surface area contributed by atoms with Crippen LogP contribution in [0.1, 0.15) is 25.7 Å². The summed E-state index contributed by atoms with van der Waals surface area (Å²) >= 11 is 0. The molecule has 3 rings (SSSR count). The van der Waals surface area contributed by atoms with Crippen LogP contribution in [0.4, 0.5) is 10.5 Å². The van der Waals surface area contributed by atoms with Crippen LogP contribution in [0.15, 0.2) is 28.8 Å². The summed E-state index contributed by atoms with van der Waals surface area (Å²) in [6, 6.07) is 7.30. The van der Waals surface area contributed by atoms with Crippen LogP contribution in [0, 0.1) is 0 Å². The second-order valence-electron chi connectivity index (χ2n) is 6.49. The Morgan fingerprint density at radius 1 is 1.42 bits per heavy atom. The number of piperazine rings is 1. The van der Waals surface area contributed by atoms with Crippen LogP contribution in [-0.2, 0) is 0 Å². The highest BCUT2D eigenvalue weighted by molar-refractivity contribution is 5.90. The molecule has 0 radical (unpaired) electrons. The van der Waals surface area contributed by atoms with Crippen molar-refractivity contribution in [1.82, 2.24) is 25.7 Å². The minimum Gasteiger partial charge on any atom is -0.336 e. The number of rotatable bonds is 4. The molecule has 1 aliphatic rings. The Bertz CT molecular complexity index is 736. The molecule has 0 spiro atoms. The molecular formula is C17H25ClN6O2. The molecule has 1 aromatic carbocycles. The topological polar surface area (TPSA) is 95.3 Å². The Kier molecular flexibility index (Phi) is 6.96. The van der Waals surface area contributed by atoms with Gasteiger partial charge in [-0.25, -0.2) is 4.79 Å². The predicted molar refractivity (Wildman–Crippen MR) is 103 cm³/mol. The van der Waals surface area contributed by atoms with Gasteiger partial charge in [-0.1, -0.05) is 11.2 Å². The molecule has 1 saturated heterocycles. The van der Waals surface area contributed by atoms with Crippen LogP contribution in [0.5, 0.6) is 0 Å². The fourth-order valence-electron chi connectivity index (χ4n) is 2.74. The van der Waals surface area contributed by atoms with E-state index in [0.29, 0.717) is 17.4 Å². The number of amides is 2. The van der Waals surface area contributed by atoms with Crippen LogP contribution < -0.4 is 16.0 Å². The molecule has 3 N–H and O–H groups in total. The molecule has 0 bridgehead atoms. The standard InChI is InChI=1S/C17H24N6O2.ClH/c1-11(2)19-17(24)20-13-6-4-5-12(9-13)16-21-15(22-25-16)14-10-18-7-8-23(14)3;/h4-6,9,11,14,18H,7-8,10H2,1-3H3,(H2,19,20,24);1H. The van der Waals surface area contributed by atoms with Crippen molar-refractivity contribution in [1.29, 1.82) is 0 Å². The lowest BCUT2D eigenvalue weighted by atomic mass is 10.2. The van der Waals surface area contributed by atoms with E-state index in [1.165, 1.54) is 0 Å². The summed E-state index contributed by atoms with van der Waals surface area (Å²) in [6.07, 6.45) is 0. The zero-order valence-electron chi connectivity index (χ0n) is 15.2. The average Bonchev–Trinajstić information content (AvgIpc) is 3.04. The molecule has 9 heteroatoms. The van der Waals surface area contributed by atoms with Crippen molar-refractivity contribution < 1.29 is 9.32 Å². The third-order valence-corrected chi connectivity index (χ3v) is 4.04. The first-order valence-corrected chi connectivity index (χ1v) is 8.45. The molecule has 142 valence electrons. The van der Waals surface area contributed by atoms with Crippen LogP contribution >= 0.6 is 12.4 Å². The number of hydrogen-bond acceptors (Lipinski definition) is 6. The van der Waals surface area contributed by atoms with Gasteiger partial charge in [0.15, 0.2) is 5.82 Å². The summed E-state index contributed by atoms with van der Waals surface area (Å²) < 4.78 is 5.43. The van der Waals surface area contributed by atoms with E-state index in [4.69, 9.17) is 4.52 Å². The van der Waals surface area contributed by atoms with E-state index in [1.807, 2.05) is 38.1 Å². The summed E-state index contributed by atoms with van der Waals surface area (Å²) in [5.41, 5.74) is 1.44. The van der Waals surface area contributed by atoms with Gasteiger partial charge in [0.25, 0.3) is 5.89 Å². The lowest BCUT2D eigenvalue weighted by molar-refractivity contribution is 0.190. The fourth-order valence-corrected chi connectivity index (χ4v) is 2.74. The quantitative estimate of drug-likeness (QED) is 0.753. The molecule has 26 heavy (non-hydrogen) atoms. The van der Waals surface area contributed by atoms with Gasteiger partial charge in [0.05, 0.1) is 6.04 Å². The maximum Gasteiger partial charge on any atom is 0.319 e. The molecule has 1 atom stereocenters. The van der Waals surface area contributed by atoms with Crippen molar-refractivity contribution >= 4 is 24.1 Å². The third kappa shape index (κ3) is 4.94. The minimum atomic E-state index is -0.242. The van der Waals surface area contributed by atoms with Gasteiger partial charge < -0.3 is 20.5 Å². The monoisotopic (exact) mass is 380 g/mol. The second kappa shape index (κ2) is 8.98. The number of benzene rings is 1. The SMILES string of the molecule is CC(C)NC(=O)Nc1cccc(-c2nc(C3CNCCN3C)no2)c1.Cl. The maximum atomic E-state index is 11.8. The van der Waals surface area contributed by atoms with Gasteiger partial charge in [-0.05, 0) is 39.1 Å². The number of nitrogens with one attached hydrogen (secondary N) is 3. The van der Waals surface area contributed by atoms with Gasteiger partial charge in [-0.2, -0.15) is 4.98 Å². The van der Waals surface area contributed by atoms with Crippen molar-refractivity contribution in [2.75, 3.05) is 32.0 Å². The molecule has 1 unspecified atom stereocenters. The Balaban J connectivity index is 0.00000243. The normalized spacial score (nSPS) is 17.6. The zero-order chi connectivity index (χ0) is 17.8. The van der Waals surface area contributed by atoms with Crippen molar-refractivity contribution in [3.05, 3.63) is 30.1 Å². The van der Waals surface area contributed by atoms with Crippen molar-refractivity contribution in [3.63, 3.8) is 0 Å². The van der Waals surface area contributed by atoms with Crippen molar-refractivity contribution in [2.24, 2.45) is 0 Å². The number of likely N-dealkylation sites (N-methyl/N-ethyl adjacent to an activating group) is 1. The first-order valence-electron chi connectivity index (χ1n) is 8.45. The highest BCUT2D eigenvalue weighted by atomic mass is 35.5. The van der Waals surface area contributed by atoms with Crippen LogP contribution in [0.2, 0.25) is 0 Å². The number of anilines is 1. The molecule has 2 heterocycles. The van der Waals surface area contributed by atoms with Gasteiger partial charge in [0.2, 0.25) is 0 Å². The Hall–Kier alpha value is -2.16. The van der Waals surface area contributed by atoms with Crippen LogP contribution in [0.25, 0.3) is 11.5 Å². The molecule has 0 saturated carbocycles. The van der Waals surface area contributed by atoms with Crippen molar-refractivity contribution in [2.45, 2.75) is 25.9 Å². The van der Waals surface area contributed by atoms with Crippen LogP contribution in [-0.4, -0.2) is 53.8 Å². The van der Waals surface area contributed by atoms with E-state index in [2.05, 4.69) is 38.0 Å². The lowest BCUT2D eigenvalue weighted by Crippen LogP contribution is -2.44. The van der Waals surface area contributed by atoms with Gasteiger partial charge in [-0.15, -0.1) is 12.4 Å². The number of carbonyl (C=O) groups is 1. The molecule has 0 aliphatic carbocycles. The Morgan fingerprint density at radius 2 is 2.23 bits per heavy atom. The molecule has 8 nitrogen and oxygen atoms in total. The van der Waals surface area contributed by atoms with Gasteiger partial charge in [0, 0.05) is 36.9 Å². The van der Waals surface area contributed by atoms with Crippen molar-refractivity contribution in [3.8, 4) is 11.5 Å². The summed E-state index contributed by atoms with van der Waals surface area (Å²) in [5, 5.41) is 13.1. The first-order chi connectivity index (χ1) is 12.0. The smallest absolute Gasteiger partial charge is 0.319 e. The summed E-state index contributed by atoms with van der Waals surface area (Å²) in [6.45, 7) is 6.52. The number of hydrogen-bond donors (Lipinski definition) is 3. The zero-order valence-corrected chi connectivity index (χ0v) is 16.0. The Labute approximate surface area is 159 Å². The van der Waals surface area contributed by atoms with E-state index < -0.39 is 0 Å². The van der Waals surface area contributed by atoms with Gasteiger partial charge in [-0.3, -0.25) is 4.90 Å². The molecule has 1 fully saturated rings. The fraction of sp³-hybridized carbons (Fsp3) is 0.471. The lowest BCUT2D eigenvalue weighted by Gasteiger charge is -2.30. The number of nitrogens with zero attached hydrogens (tertiary/aromatic N) is 3. The highest BCUT2D eigenvalue weighted by Crippen LogP contribution is 2.24. The average molecular weight is 381 g/mol. The summed E-state index contributed by atoms with van der Waals surface area (Å²) in [4.78, 5) is 18.6. The second-order valence-corrected chi connectivity index (χ2v) is 6.49. The summed E-state index contributed by atoms with van der Waals surface area (Å²) in [5.74, 6) is 1.11. The number of aromatic nitrogens is 2. The molecular weight excluding hydrogens is 356 g/mol. The maximum absolute atomic E-state index is 11.8. The minimum absolute atomic E-state index is 0.